The van der Waals surface area contributed by atoms with Crippen molar-refractivity contribution in [3.63, 3.8) is 0 Å². The Kier molecular flexibility index (Phi) is 6.17. The van der Waals surface area contributed by atoms with Crippen LogP contribution in [0.3, 0.4) is 0 Å². The van der Waals surface area contributed by atoms with Gasteiger partial charge in [-0.05, 0) is 12.8 Å². The Balaban J connectivity index is 2.34. The Morgan fingerprint density at radius 1 is 1.47 bits per heavy atom. The van der Waals surface area contributed by atoms with Crippen molar-refractivity contribution in [3.8, 4) is 0 Å². The smallest absolute Gasteiger partial charge is 0.186 e. The van der Waals surface area contributed by atoms with E-state index in [9.17, 15) is 4.39 Å². The summed E-state index contributed by atoms with van der Waals surface area (Å²) in [6.07, 6.45) is 4.54. The van der Waals surface area contributed by atoms with Crippen LogP contribution < -0.4 is 5.32 Å². The lowest BCUT2D eigenvalue weighted by molar-refractivity contribution is 0.149. The molecular formula is C12H18FN3O. The number of halogens is 1. The Morgan fingerprint density at radius 3 is 3.00 bits per heavy atom. The lowest BCUT2D eigenvalue weighted by Gasteiger charge is -2.08. The van der Waals surface area contributed by atoms with Crippen LogP contribution in [0.5, 0.6) is 0 Å². The molecular weight excluding hydrogens is 221 g/mol. The van der Waals surface area contributed by atoms with E-state index >= 15 is 0 Å². The fourth-order valence-corrected chi connectivity index (χ4v) is 1.29. The summed E-state index contributed by atoms with van der Waals surface area (Å²) in [7, 11) is 0. The van der Waals surface area contributed by atoms with Crippen molar-refractivity contribution in [1.82, 2.24) is 9.97 Å². The number of anilines is 1. The van der Waals surface area contributed by atoms with Gasteiger partial charge in [-0.15, -0.1) is 6.58 Å². The molecule has 1 N–H and O–H groups in total. The van der Waals surface area contributed by atoms with Crippen molar-refractivity contribution < 1.29 is 9.13 Å². The average molecular weight is 239 g/mol. The molecule has 0 radical (unpaired) electrons. The number of rotatable bonds is 8. The molecule has 94 valence electrons. The summed E-state index contributed by atoms with van der Waals surface area (Å²) in [5, 5.41) is 2.89. The SMILES string of the molecule is C=CCCOCCNc1ncnc(CC)c1F. The minimum absolute atomic E-state index is 0.240. The van der Waals surface area contributed by atoms with Gasteiger partial charge in [-0.3, -0.25) is 0 Å². The first kappa shape index (κ1) is 13.6. The van der Waals surface area contributed by atoms with Gasteiger partial charge >= 0.3 is 0 Å². The van der Waals surface area contributed by atoms with Crippen LogP contribution in [-0.4, -0.2) is 29.7 Å². The van der Waals surface area contributed by atoms with Crippen LogP contribution in [0.4, 0.5) is 10.2 Å². The van der Waals surface area contributed by atoms with Gasteiger partial charge in [-0.2, -0.15) is 0 Å². The third kappa shape index (κ3) is 4.48. The van der Waals surface area contributed by atoms with E-state index in [-0.39, 0.29) is 11.6 Å². The van der Waals surface area contributed by atoms with Gasteiger partial charge in [0.1, 0.15) is 6.33 Å². The standard InChI is InChI=1S/C12H18FN3O/c1-3-5-7-17-8-6-14-12-11(13)10(4-2)15-9-16-12/h3,9H,1,4-8H2,2H3,(H,14,15,16). The van der Waals surface area contributed by atoms with E-state index in [4.69, 9.17) is 4.74 Å². The summed E-state index contributed by atoms with van der Waals surface area (Å²) < 4.78 is 19.0. The fraction of sp³-hybridized carbons (Fsp3) is 0.500. The van der Waals surface area contributed by atoms with E-state index in [2.05, 4.69) is 21.9 Å². The summed E-state index contributed by atoms with van der Waals surface area (Å²) in [4.78, 5) is 7.71. The van der Waals surface area contributed by atoms with Crippen molar-refractivity contribution in [3.05, 3.63) is 30.5 Å². The van der Waals surface area contributed by atoms with E-state index in [1.807, 2.05) is 6.92 Å². The van der Waals surface area contributed by atoms with Gasteiger partial charge in [0.05, 0.1) is 18.9 Å². The van der Waals surface area contributed by atoms with Crippen LogP contribution in [0, 0.1) is 5.82 Å². The van der Waals surface area contributed by atoms with Crippen LogP contribution in [0.2, 0.25) is 0 Å². The number of aryl methyl sites for hydroxylation is 1. The molecule has 0 saturated carbocycles. The number of aromatic nitrogens is 2. The van der Waals surface area contributed by atoms with Crippen LogP contribution in [0.15, 0.2) is 19.0 Å². The second kappa shape index (κ2) is 7.73. The topological polar surface area (TPSA) is 47.0 Å². The van der Waals surface area contributed by atoms with Gasteiger partial charge in [-0.25, -0.2) is 14.4 Å². The highest BCUT2D eigenvalue weighted by atomic mass is 19.1. The molecule has 0 aromatic carbocycles. The molecule has 1 aromatic heterocycles. The molecule has 0 saturated heterocycles. The molecule has 17 heavy (non-hydrogen) atoms. The molecule has 1 rings (SSSR count). The van der Waals surface area contributed by atoms with Crippen LogP contribution in [0.25, 0.3) is 0 Å². The van der Waals surface area contributed by atoms with Gasteiger partial charge < -0.3 is 10.1 Å². The van der Waals surface area contributed by atoms with E-state index < -0.39 is 0 Å². The molecule has 5 heteroatoms. The minimum Gasteiger partial charge on any atom is -0.379 e. The Hall–Kier alpha value is -1.49. The molecule has 4 nitrogen and oxygen atoms in total. The van der Waals surface area contributed by atoms with Crippen molar-refractivity contribution in [2.24, 2.45) is 0 Å². The van der Waals surface area contributed by atoms with Gasteiger partial charge in [-0.1, -0.05) is 13.0 Å². The lowest BCUT2D eigenvalue weighted by Crippen LogP contribution is -2.13. The number of nitrogens with zero attached hydrogens (tertiary/aromatic N) is 2. The number of hydrogen-bond acceptors (Lipinski definition) is 4. The third-order valence-electron chi connectivity index (χ3n) is 2.20. The van der Waals surface area contributed by atoms with Crippen LogP contribution in [0.1, 0.15) is 19.0 Å². The number of hydrogen-bond donors (Lipinski definition) is 1. The van der Waals surface area contributed by atoms with Crippen molar-refractivity contribution in [2.45, 2.75) is 19.8 Å². The highest BCUT2D eigenvalue weighted by Crippen LogP contribution is 2.12. The normalized spacial score (nSPS) is 10.2. The van der Waals surface area contributed by atoms with Crippen LogP contribution >= 0.6 is 0 Å². The number of nitrogens with one attached hydrogen (secondary N) is 1. The molecule has 0 atom stereocenters. The first-order valence-corrected chi connectivity index (χ1v) is 5.71. The summed E-state index contributed by atoms with van der Waals surface area (Å²) in [6, 6.07) is 0. The third-order valence-corrected chi connectivity index (χ3v) is 2.20. The number of ether oxygens (including phenoxy) is 1. The lowest BCUT2D eigenvalue weighted by atomic mass is 10.3. The molecule has 0 aliphatic rings. The fourth-order valence-electron chi connectivity index (χ4n) is 1.29. The monoisotopic (exact) mass is 239 g/mol. The van der Waals surface area contributed by atoms with Gasteiger partial charge in [0.15, 0.2) is 11.6 Å². The maximum absolute atomic E-state index is 13.7. The quantitative estimate of drug-likeness (QED) is 0.558. The zero-order valence-corrected chi connectivity index (χ0v) is 10.1. The molecule has 0 unspecified atom stereocenters. The molecule has 0 aliphatic carbocycles. The van der Waals surface area contributed by atoms with E-state index in [0.29, 0.717) is 31.9 Å². The van der Waals surface area contributed by atoms with Crippen molar-refractivity contribution in [1.29, 1.82) is 0 Å². The largest absolute Gasteiger partial charge is 0.379 e. The molecule has 1 aromatic rings. The Morgan fingerprint density at radius 2 is 2.29 bits per heavy atom. The Labute approximate surface area is 101 Å². The van der Waals surface area contributed by atoms with E-state index in [0.717, 1.165) is 6.42 Å². The van der Waals surface area contributed by atoms with Gasteiger partial charge in [0.2, 0.25) is 0 Å². The average Bonchev–Trinajstić information content (AvgIpc) is 2.35. The maximum atomic E-state index is 13.7. The molecule has 0 aliphatic heterocycles. The molecule has 0 fully saturated rings. The zero-order chi connectivity index (χ0) is 12.5. The summed E-state index contributed by atoms with van der Waals surface area (Å²) in [5.74, 6) is -0.134. The predicted molar refractivity (Wildman–Crippen MR) is 65.5 cm³/mol. The zero-order valence-electron chi connectivity index (χ0n) is 10.1. The first-order chi connectivity index (χ1) is 8.29. The Bertz CT molecular complexity index is 358. The highest BCUT2D eigenvalue weighted by molar-refractivity contribution is 5.37. The van der Waals surface area contributed by atoms with E-state index in [1.54, 1.807) is 6.08 Å². The summed E-state index contributed by atoms with van der Waals surface area (Å²) in [5.41, 5.74) is 0.426. The molecule has 0 bridgehead atoms. The van der Waals surface area contributed by atoms with E-state index in [1.165, 1.54) is 6.33 Å². The van der Waals surface area contributed by atoms with Gasteiger partial charge in [0, 0.05) is 6.54 Å². The minimum atomic E-state index is -0.374. The first-order valence-electron chi connectivity index (χ1n) is 5.71. The second-order valence-corrected chi connectivity index (χ2v) is 3.45. The summed E-state index contributed by atoms with van der Waals surface area (Å²) >= 11 is 0. The van der Waals surface area contributed by atoms with Crippen molar-refractivity contribution >= 4 is 5.82 Å². The summed E-state index contributed by atoms with van der Waals surface area (Å²) in [6.45, 7) is 7.12. The molecule has 1 heterocycles. The van der Waals surface area contributed by atoms with Crippen molar-refractivity contribution in [2.75, 3.05) is 25.1 Å². The predicted octanol–water partition coefficient (Wildman–Crippen LogP) is 2.18. The van der Waals surface area contributed by atoms with Crippen LogP contribution in [-0.2, 0) is 11.2 Å². The highest BCUT2D eigenvalue weighted by Gasteiger charge is 2.08. The molecule has 0 amide bonds. The van der Waals surface area contributed by atoms with Gasteiger partial charge in [0.25, 0.3) is 0 Å². The molecule has 0 spiro atoms. The second-order valence-electron chi connectivity index (χ2n) is 3.45. The maximum Gasteiger partial charge on any atom is 0.186 e.